The Bertz CT molecular complexity index is 1930. The van der Waals surface area contributed by atoms with Gasteiger partial charge in [-0.2, -0.15) is 0 Å². The lowest BCUT2D eigenvalue weighted by Crippen LogP contribution is -2.50. The van der Waals surface area contributed by atoms with E-state index in [9.17, 15) is 14.7 Å². The minimum atomic E-state index is -1.20. The maximum atomic E-state index is 13.5. The second-order valence-corrected chi connectivity index (χ2v) is 14.0. The Labute approximate surface area is 280 Å². The van der Waals surface area contributed by atoms with Crippen molar-refractivity contribution in [2.24, 2.45) is 17.8 Å². The first-order valence-corrected chi connectivity index (χ1v) is 16.9. The summed E-state index contributed by atoms with van der Waals surface area (Å²) in [5, 5.41) is 15.3. The summed E-state index contributed by atoms with van der Waals surface area (Å²) in [5.74, 6) is 2.30. The van der Waals surface area contributed by atoms with Crippen molar-refractivity contribution in [3.8, 4) is 33.5 Å². The van der Waals surface area contributed by atoms with E-state index in [2.05, 4.69) is 100 Å². The fourth-order valence-electron chi connectivity index (χ4n) is 7.22. The van der Waals surface area contributed by atoms with Gasteiger partial charge in [-0.1, -0.05) is 82.3 Å². The van der Waals surface area contributed by atoms with Gasteiger partial charge in [0.25, 0.3) is 0 Å². The van der Waals surface area contributed by atoms with Crippen LogP contribution in [-0.2, 0) is 4.79 Å². The van der Waals surface area contributed by atoms with E-state index in [0.29, 0.717) is 18.5 Å². The van der Waals surface area contributed by atoms with Gasteiger partial charge >= 0.3 is 6.09 Å². The molecule has 248 valence electrons. The molecule has 2 aliphatic heterocycles. The molecular formula is C38H43N7O3. The lowest BCUT2D eigenvalue weighted by molar-refractivity contribution is -0.135. The number of benzene rings is 3. The van der Waals surface area contributed by atoms with E-state index in [1.165, 1.54) is 0 Å². The molecule has 2 saturated heterocycles. The highest BCUT2D eigenvalue weighted by molar-refractivity contribution is 5.87. The number of fused-ring (bicyclic) bond motifs is 1. The fraction of sp³-hybridized carbons (Fsp3) is 0.368. The molecule has 0 bridgehead atoms. The van der Waals surface area contributed by atoms with E-state index >= 15 is 0 Å². The molecule has 10 nitrogen and oxygen atoms in total. The molecule has 0 spiro atoms. The number of carboxylic acid groups (broad SMARTS) is 1. The average molecular weight is 646 g/mol. The molecule has 2 aliphatic rings. The topological polar surface area (TPSA) is 139 Å². The molecule has 2 fully saturated rings. The second-order valence-electron chi connectivity index (χ2n) is 14.0. The molecule has 3 aromatic carbocycles. The first kappa shape index (κ1) is 31.6. The van der Waals surface area contributed by atoms with Gasteiger partial charge in [-0.15, -0.1) is 0 Å². The molecule has 5 aromatic rings. The zero-order chi connectivity index (χ0) is 33.5. The molecule has 0 aliphatic carbocycles. The number of H-pyrrole nitrogens is 2. The smallest absolute Gasteiger partial charge is 0.405 e. The van der Waals surface area contributed by atoms with Crippen LogP contribution in [0.1, 0.15) is 64.3 Å². The van der Waals surface area contributed by atoms with Crippen LogP contribution in [0.4, 0.5) is 4.79 Å². The van der Waals surface area contributed by atoms with Gasteiger partial charge < -0.3 is 30.6 Å². The highest BCUT2D eigenvalue weighted by Gasteiger charge is 2.40. The Hall–Kier alpha value is -4.96. The highest BCUT2D eigenvalue weighted by Crippen LogP contribution is 2.37. The third-order valence-corrected chi connectivity index (χ3v) is 9.84. The number of carbonyl (C=O) groups excluding carboxylic acids is 1. The molecule has 0 unspecified atom stereocenters. The number of hydrogen-bond donors (Lipinski definition) is 5. The first-order valence-electron chi connectivity index (χ1n) is 16.9. The Kier molecular flexibility index (Phi) is 8.51. The van der Waals surface area contributed by atoms with Crippen molar-refractivity contribution < 1.29 is 14.7 Å². The standard InChI is InChI=1S/C38H43N7O3/c1-21(2)34(44-38(47)48)37(46)45-20-23(4)16-33(45)36-41-29-14-13-28(17-30(29)42-36)26-7-5-24(6-8-26)25-9-11-27(12-10-25)32-19-40-35(43-32)31-15-22(3)18-39-31/h5-14,17,19,21-23,31,33-34,39,44H,15-16,18,20H2,1-4H3,(H,40,43)(H,41,42)(H,47,48)/t22-,23-,31-,33-,34-/m0/s1. The number of likely N-dealkylation sites (tertiary alicyclic amines) is 1. The van der Waals surface area contributed by atoms with Crippen LogP contribution in [0.3, 0.4) is 0 Å². The van der Waals surface area contributed by atoms with Gasteiger partial charge in [0.2, 0.25) is 5.91 Å². The van der Waals surface area contributed by atoms with Crippen molar-refractivity contribution in [2.45, 2.75) is 58.7 Å². The second kappa shape index (κ2) is 12.9. The molecule has 5 N–H and O–H groups in total. The third kappa shape index (κ3) is 6.32. The molecule has 48 heavy (non-hydrogen) atoms. The zero-order valence-corrected chi connectivity index (χ0v) is 27.8. The Balaban J connectivity index is 1.06. The predicted octanol–water partition coefficient (Wildman–Crippen LogP) is 7.16. The predicted molar refractivity (Wildman–Crippen MR) is 187 cm³/mol. The molecule has 7 rings (SSSR count). The third-order valence-electron chi connectivity index (χ3n) is 9.84. The Morgan fingerprint density at radius 3 is 2.12 bits per heavy atom. The number of aromatic amines is 2. The molecule has 4 heterocycles. The minimum Gasteiger partial charge on any atom is -0.465 e. The number of hydrogen-bond acceptors (Lipinski definition) is 5. The van der Waals surface area contributed by atoms with E-state index in [0.717, 1.165) is 75.6 Å². The summed E-state index contributed by atoms with van der Waals surface area (Å²) in [4.78, 5) is 43.2. The van der Waals surface area contributed by atoms with Gasteiger partial charge in [-0.05, 0) is 77.1 Å². The Morgan fingerprint density at radius 2 is 1.50 bits per heavy atom. The number of imidazole rings is 2. The number of amides is 2. The first-order chi connectivity index (χ1) is 23.1. The fourth-order valence-corrected chi connectivity index (χ4v) is 7.22. The van der Waals surface area contributed by atoms with Crippen molar-refractivity contribution in [1.82, 2.24) is 35.5 Å². The van der Waals surface area contributed by atoms with Crippen LogP contribution in [0.25, 0.3) is 44.5 Å². The number of rotatable bonds is 8. The summed E-state index contributed by atoms with van der Waals surface area (Å²) >= 11 is 0. The van der Waals surface area contributed by atoms with Gasteiger partial charge in [-0.3, -0.25) is 4.79 Å². The summed E-state index contributed by atoms with van der Waals surface area (Å²) in [7, 11) is 0. The molecule has 0 saturated carbocycles. The molecule has 0 radical (unpaired) electrons. The van der Waals surface area contributed by atoms with E-state index in [-0.39, 0.29) is 23.8 Å². The summed E-state index contributed by atoms with van der Waals surface area (Å²) in [6, 6.07) is 22.6. The summed E-state index contributed by atoms with van der Waals surface area (Å²) in [6.07, 6.45) is 2.60. The largest absolute Gasteiger partial charge is 0.465 e. The average Bonchev–Trinajstić information content (AvgIpc) is 3.89. The van der Waals surface area contributed by atoms with Crippen LogP contribution in [0.15, 0.2) is 72.9 Å². The lowest BCUT2D eigenvalue weighted by atomic mass is 9.99. The van der Waals surface area contributed by atoms with Crippen LogP contribution in [-0.4, -0.2) is 61.1 Å². The quantitative estimate of drug-likeness (QED) is 0.121. The van der Waals surface area contributed by atoms with Crippen molar-refractivity contribution in [1.29, 1.82) is 0 Å². The maximum absolute atomic E-state index is 13.5. The number of nitrogens with zero attached hydrogens (tertiary/aromatic N) is 3. The number of carbonyl (C=O) groups is 2. The number of aromatic nitrogens is 4. The van der Waals surface area contributed by atoms with Crippen LogP contribution in [0.5, 0.6) is 0 Å². The normalized spacial score (nSPS) is 21.6. The van der Waals surface area contributed by atoms with Crippen LogP contribution in [0, 0.1) is 17.8 Å². The molecular weight excluding hydrogens is 602 g/mol. The van der Waals surface area contributed by atoms with E-state index in [1.54, 1.807) is 4.90 Å². The van der Waals surface area contributed by atoms with Gasteiger partial charge in [0.1, 0.15) is 17.7 Å². The minimum absolute atomic E-state index is 0.173. The zero-order valence-electron chi connectivity index (χ0n) is 27.8. The van der Waals surface area contributed by atoms with Crippen LogP contribution < -0.4 is 10.6 Å². The van der Waals surface area contributed by atoms with Gasteiger partial charge in [-0.25, -0.2) is 14.8 Å². The van der Waals surface area contributed by atoms with Crippen LogP contribution >= 0.6 is 0 Å². The van der Waals surface area contributed by atoms with Crippen LogP contribution in [0.2, 0.25) is 0 Å². The van der Waals surface area contributed by atoms with E-state index in [4.69, 9.17) is 4.98 Å². The Morgan fingerprint density at radius 1 is 0.854 bits per heavy atom. The molecule has 2 amide bonds. The number of nitrogens with one attached hydrogen (secondary N) is 4. The van der Waals surface area contributed by atoms with E-state index in [1.807, 2.05) is 26.1 Å². The van der Waals surface area contributed by atoms with Gasteiger partial charge in [0.05, 0.1) is 35.0 Å². The maximum Gasteiger partial charge on any atom is 0.405 e. The van der Waals surface area contributed by atoms with Gasteiger partial charge in [0, 0.05) is 6.54 Å². The van der Waals surface area contributed by atoms with Gasteiger partial charge in [0.15, 0.2) is 0 Å². The molecule has 2 aromatic heterocycles. The monoisotopic (exact) mass is 645 g/mol. The molecule has 5 atom stereocenters. The van der Waals surface area contributed by atoms with Crippen molar-refractivity contribution in [3.05, 3.63) is 84.6 Å². The highest BCUT2D eigenvalue weighted by atomic mass is 16.4. The lowest BCUT2D eigenvalue weighted by Gasteiger charge is -2.29. The van der Waals surface area contributed by atoms with Crippen molar-refractivity contribution in [2.75, 3.05) is 13.1 Å². The van der Waals surface area contributed by atoms with E-state index < -0.39 is 12.1 Å². The summed E-state index contributed by atoms with van der Waals surface area (Å²) < 4.78 is 0. The van der Waals surface area contributed by atoms with Crippen molar-refractivity contribution >= 4 is 23.0 Å². The van der Waals surface area contributed by atoms with Crippen molar-refractivity contribution in [3.63, 3.8) is 0 Å². The SMILES string of the molecule is CC(C)[C@H](NC(=O)O)C(=O)N1C[C@@H](C)C[C@H]1c1nc2ccc(-c3ccc(-c4ccc(-c5cnc([C@@H]6C[C@H](C)CN6)[nH]5)cc4)cc3)cc2[nH]1. The summed E-state index contributed by atoms with van der Waals surface area (Å²) in [6.45, 7) is 9.67. The molecule has 10 heteroatoms. The summed E-state index contributed by atoms with van der Waals surface area (Å²) in [5.41, 5.74) is 8.33.